The smallest absolute Gasteiger partial charge is 0.194 e. The van der Waals surface area contributed by atoms with Crippen LogP contribution in [-0.2, 0) is 18.3 Å². The molecule has 1 unspecified atom stereocenters. The Kier molecular flexibility index (Phi) is 6.84. The maximum absolute atomic E-state index is 5.97. The monoisotopic (exact) mass is 419 g/mol. The second-order valence-electron chi connectivity index (χ2n) is 7.48. The number of guanidine groups is 1. The normalized spacial score (nSPS) is 16.9. The van der Waals surface area contributed by atoms with Crippen LogP contribution < -0.4 is 10.1 Å². The van der Waals surface area contributed by atoms with Crippen molar-refractivity contribution in [3.05, 3.63) is 78.1 Å². The molecule has 7 nitrogen and oxygen atoms in total. The number of aliphatic imine (C=N–C) groups is 1. The molecule has 1 N–H and O–H groups in total. The van der Waals surface area contributed by atoms with Crippen LogP contribution in [-0.4, -0.2) is 46.9 Å². The van der Waals surface area contributed by atoms with Crippen LogP contribution in [0.3, 0.4) is 0 Å². The standard InChI is InChI=1S/C24H29N5O2/c1-3-25-24(29-13-14-30-23(18-29)20-16-27-28(2)17-20)26-15-19-9-11-22(12-10-19)31-21-7-5-4-6-8-21/h4-12,16-17,23H,3,13-15,18H2,1-2H3,(H,25,26). The second-order valence-corrected chi connectivity index (χ2v) is 7.48. The van der Waals surface area contributed by atoms with Gasteiger partial charge in [-0.3, -0.25) is 4.68 Å². The minimum absolute atomic E-state index is 0.000671. The van der Waals surface area contributed by atoms with Crippen molar-refractivity contribution in [3.63, 3.8) is 0 Å². The van der Waals surface area contributed by atoms with Gasteiger partial charge in [-0.2, -0.15) is 5.10 Å². The molecule has 0 bridgehead atoms. The fourth-order valence-electron chi connectivity index (χ4n) is 3.53. The predicted molar refractivity (Wildman–Crippen MR) is 121 cm³/mol. The SMILES string of the molecule is CCNC(=NCc1ccc(Oc2ccccc2)cc1)N1CCOC(c2cnn(C)c2)C1. The summed E-state index contributed by atoms with van der Waals surface area (Å²) in [6, 6.07) is 17.9. The molecule has 162 valence electrons. The lowest BCUT2D eigenvalue weighted by Crippen LogP contribution is -2.48. The summed E-state index contributed by atoms with van der Waals surface area (Å²) < 4.78 is 13.6. The van der Waals surface area contributed by atoms with Crippen molar-refractivity contribution in [2.45, 2.75) is 19.6 Å². The number of aromatic nitrogens is 2. The lowest BCUT2D eigenvalue weighted by Gasteiger charge is -2.34. The van der Waals surface area contributed by atoms with E-state index >= 15 is 0 Å². The van der Waals surface area contributed by atoms with Gasteiger partial charge in [-0.15, -0.1) is 0 Å². The lowest BCUT2D eigenvalue weighted by molar-refractivity contribution is -0.00805. The summed E-state index contributed by atoms with van der Waals surface area (Å²) in [4.78, 5) is 7.13. The Balaban J connectivity index is 1.40. The van der Waals surface area contributed by atoms with E-state index in [4.69, 9.17) is 14.5 Å². The molecule has 7 heteroatoms. The first kappa shape index (κ1) is 20.9. The van der Waals surface area contributed by atoms with Crippen molar-refractivity contribution in [1.82, 2.24) is 20.0 Å². The number of morpholine rings is 1. The van der Waals surface area contributed by atoms with E-state index in [1.165, 1.54) is 0 Å². The van der Waals surface area contributed by atoms with Crippen molar-refractivity contribution in [2.24, 2.45) is 12.0 Å². The first-order valence-electron chi connectivity index (χ1n) is 10.7. The van der Waals surface area contributed by atoms with Gasteiger partial charge in [0.1, 0.15) is 17.6 Å². The number of nitrogens with one attached hydrogen (secondary N) is 1. The fourth-order valence-corrected chi connectivity index (χ4v) is 3.53. The Morgan fingerprint density at radius 3 is 2.65 bits per heavy atom. The fraction of sp³-hybridized carbons (Fsp3) is 0.333. The number of nitrogens with zero attached hydrogens (tertiary/aromatic N) is 4. The first-order chi connectivity index (χ1) is 15.2. The number of benzene rings is 2. The van der Waals surface area contributed by atoms with Crippen molar-refractivity contribution >= 4 is 5.96 Å². The third-order valence-electron chi connectivity index (χ3n) is 5.11. The molecule has 3 aromatic rings. The molecule has 1 aromatic heterocycles. The van der Waals surface area contributed by atoms with Crippen LogP contribution in [0.1, 0.15) is 24.2 Å². The Hall–Kier alpha value is -3.32. The summed E-state index contributed by atoms with van der Waals surface area (Å²) in [7, 11) is 1.92. The Morgan fingerprint density at radius 1 is 1.16 bits per heavy atom. The van der Waals surface area contributed by atoms with E-state index in [-0.39, 0.29) is 6.10 Å². The molecule has 0 amide bonds. The molecule has 0 spiro atoms. The van der Waals surface area contributed by atoms with Gasteiger partial charge >= 0.3 is 0 Å². The van der Waals surface area contributed by atoms with E-state index in [1.807, 2.05) is 66.6 Å². The zero-order valence-electron chi connectivity index (χ0n) is 18.1. The molecule has 1 aliphatic heterocycles. The van der Waals surface area contributed by atoms with Crippen LogP contribution in [0.15, 0.2) is 72.0 Å². The number of hydrogen-bond acceptors (Lipinski definition) is 4. The van der Waals surface area contributed by atoms with E-state index < -0.39 is 0 Å². The summed E-state index contributed by atoms with van der Waals surface area (Å²) in [6.07, 6.45) is 3.88. The highest BCUT2D eigenvalue weighted by atomic mass is 16.5. The summed E-state index contributed by atoms with van der Waals surface area (Å²) in [5.74, 6) is 2.56. The van der Waals surface area contributed by atoms with Gasteiger partial charge < -0.3 is 19.7 Å². The molecule has 1 fully saturated rings. The van der Waals surface area contributed by atoms with Crippen LogP contribution >= 0.6 is 0 Å². The van der Waals surface area contributed by atoms with Gasteiger partial charge in [0.25, 0.3) is 0 Å². The van der Waals surface area contributed by atoms with Gasteiger partial charge in [-0.1, -0.05) is 30.3 Å². The first-order valence-corrected chi connectivity index (χ1v) is 10.7. The van der Waals surface area contributed by atoms with Gasteiger partial charge in [-0.25, -0.2) is 4.99 Å². The lowest BCUT2D eigenvalue weighted by atomic mass is 10.1. The summed E-state index contributed by atoms with van der Waals surface area (Å²) >= 11 is 0. The van der Waals surface area contributed by atoms with Crippen molar-refractivity contribution < 1.29 is 9.47 Å². The molecule has 1 aliphatic rings. The minimum Gasteiger partial charge on any atom is -0.457 e. The number of aryl methyl sites for hydroxylation is 1. The van der Waals surface area contributed by atoms with Crippen LogP contribution in [0.25, 0.3) is 0 Å². The van der Waals surface area contributed by atoms with Crippen LogP contribution in [0.2, 0.25) is 0 Å². The molecule has 0 aliphatic carbocycles. The molecular formula is C24H29N5O2. The topological polar surface area (TPSA) is 63.9 Å². The maximum atomic E-state index is 5.97. The maximum Gasteiger partial charge on any atom is 0.194 e. The predicted octanol–water partition coefficient (Wildman–Crippen LogP) is 3.75. The number of hydrogen-bond donors (Lipinski definition) is 1. The van der Waals surface area contributed by atoms with E-state index in [2.05, 4.69) is 34.4 Å². The van der Waals surface area contributed by atoms with Gasteiger partial charge in [0.15, 0.2) is 5.96 Å². The van der Waals surface area contributed by atoms with Crippen LogP contribution in [0.5, 0.6) is 11.5 Å². The average molecular weight is 420 g/mol. The van der Waals surface area contributed by atoms with E-state index in [0.29, 0.717) is 13.2 Å². The third kappa shape index (κ3) is 5.64. The largest absolute Gasteiger partial charge is 0.457 e. The van der Waals surface area contributed by atoms with Gasteiger partial charge in [0, 0.05) is 31.9 Å². The zero-order valence-corrected chi connectivity index (χ0v) is 18.1. The summed E-state index contributed by atoms with van der Waals surface area (Å²) in [6.45, 7) is 5.73. The van der Waals surface area contributed by atoms with E-state index in [0.717, 1.165) is 48.2 Å². The molecule has 31 heavy (non-hydrogen) atoms. The number of ether oxygens (including phenoxy) is 2. The van der Waals surface area contributed by atoms with E-state index in [1.54, 1.807) is 0 Å². The highest BCUT2D eigenvalue weighted by Crippen LogP contribution is 2.23. The van der Waals surface area contributed by atoms with Crippen molar-refractivity contribution in [2.75, 3.05) is 26.2 Å². The third-order valence-corrected chi connectivity index (χ3v) is 5.11. The van der Waals surface area contributed by atoms with Gasteiger partial charge in [-0.05, 0) is 36.8 Å². The van der Waals surface area contributed by atoms with E-state index in [9.17, 15) is 0 Å². The van der Waals surface area contributed by atoms with Crippen LogP contribution in [0.4, 0.5) is 0 Å². The molecule has 4 rings (SSSR count). The molecule has 0 radical (unpaired) electrons. The molecule has 1 saturated heterocycles. The minimum atomic E-state index is 0.000671. The molecule has 1 atom stereocenters. The number of rotatable bonds is 6. The second kappa shape index (κ2) is 10.1. The molecule has 0 saturated carbocycles. The average Bonchev–Trinajstić information content (AvgIpc) is 3.25. The zero-order chi connectivity index (χ0) is 21.5. The molecular weight excluding hydrogens is 390 g/mol. The Labute approximate surface area is 183 Å². The summed E-state index contributed by atoms with van der Waals surface area (Å²) in [5, 5.41) is 7.69. The Morgan fingerprint density at radius 2 is 1.94 bits per heavy atom. The molecule has 2 aromatic carbocycles. The van der Waals surface area contributed by atoms with Crippen LogP contribution in [0, 0.1) is 0 Å². The number of para-hydroxylation sites is 1. The summed E-state index contributed by atoms with van der Waals surface area (Å²) in [5.41, 5.74) is 2.23. The highest BCUT2D eigenvalue weighted by molar-refractivity contribution is 5.80. The van der Waals surface area contributed by atoms with Gasteiger partial charge in [0.2, 0.25) is 0 Å². The quantitative estimate of drug-likeness (QED) is 0.487. The van der Waals surface area contributed by atoms with Crippen molar-refractivity contribution in [1.29, 1.82) is 0 Å². The highest BCUT2D eigenvalue weighted by Gasteiger charge is 2.25. The molecule has 2 heterocycles. The Bertz CT molecular complexity index is 985. The van der Waals surface area contributed by atoms with Crippen molar-refractivity contribution in [3.8, 4) is 11.5 Å². The van der Waals surface area contributed by atoms with Gasteiger partial charge in [0.05, 0.1) is 25.9 Å².